The van der Waals surface area contributed by atoms with E-state index in [1.54, 1.807) is 33.4 Å². The Morgan fingerprint density at radius 3 is 0.893 bits per heavy atom. The van der Waals surface area contributed by atoms with E-state index < -0.39 is 0 Å². The molecular weight excluding hydrogens is 961 g/mol. The van der Waals surface area contributed by atoms with Crippen LogP contribution in [0.4, 0.5) is 0 Å². The van der Waals surface area contributed by atoms with Crippen LogP contribution >= 0.6 is 34.0 Å². The van der Waals surface area contributed by atoms with Crippen molar-refractivity contribution in [2.24, 2.45) is 0 Å². The largest absolute Gasteiger partial charge is 0.151 e. The normalized spacial score (nSPS) is 11.6. The molecule has 0 spiro atoms. The van der Waals surface area contributed by atoms with Gasteiger partial charge in [0, 0.05) is 32.7 Å². The summed E-state index contributed by atoms with van der Waals surface area (Å²) in [6.07, 6.45) is 38.4. The molecule has 402 valence electrons. The van der Waals surface area contributed by atoms with Gasteiger partial charge in [0.25, 0.3) is 0 Å². The van der Waals surface area contributed by atoms with Gasteiger partial charge in [0.15, 0.2) is 0 Å². The first-order valence-electron chi connectivity index (χ1n) is 30.7. The van der Waals surface area contributed by atoms with Crippen molar-refractivity contribution in [2.75, 3.05) is 0 Å². The monoisotopic (exact) mass is 1060 g/mol. The fraction of sp³-hybridized carbons (Fsp3) is 0.500. The van der Waals surface area contributed by atoms with E-state index in [-0.39, 0.29) is 0 Å². The summed E-state index contributed by atoms with van der Waals surface area (Å²) in [6.45, 7) is 14.0. The Bertz CT molecular complexity index is 2410. The van der Waals surface area contributed by atoms with Gasteiger partial charge in [0.05, 0.1) is 0 Å². The lowest BCUT2D eigenvalue weighted by Crippen LogP contribution is -1.97. The minimum Gasteiger partial charge on any atom is -0.151 e. The van der Waals surface area contributed by atoms with E-state index in [2.05, 4.69) is 147 Å². The molecule has 0 saturated heterocycles. The molecule has 3 heterocycles. The van der Waals surface area contributed by atoms with Gasteiger partial charge in [-0.2, -0.15) is 22.7 Å². The Morgan fingerprint density at radius 1 is 0.253 bits per heavy atom. The standard InChI is InChI=1S/C72H96S3/c1-7-13-19-25-31-55-37-40-61(45-58(55)34-28-22-16-10-4)68-51-73-53-70(68)65-48-64(67-43-44-75-72(67)63-42-39-57(33-27-21-15-9-3)60(47-63)36-30-24-18-12-6)49-66(50-65)71-54-74-52-69(71)62-41-38-56(32-26-20-14-8-2)59(46-62)35-29-23-17-11-5/h37-54H,7-36H2,1-6H3. The smallest absolute Gasteiger partial charge is 0.0421 e. The van der Waals surface area contributed by atoms with Crippen LogP contribution in [0.5, 0.6) is 0 Å². The first-order chi connectivity index (χ1) is 37.0. The third-order valence-corrected chi connectivity index (χ3v) is 18.6. The fourth-order valence-corrected chi connectivity index (χ4v) is 14.2. The molecule has 0 N–H and O–H groups in total. The highest BCUT2D eigenvalue weighted by Gasteiger charge is 2.20. The minimum atomic E-state index is 1.18. The molecule has 75 heavy (non-hydrogen) atoms. The summed E-state index contributed by atoms with van der Waals surface area (Å²) in [5.74, 6) is 0. The number of thiophene rings is 3. The van der Waals surface area contributed by atoms with Gasteiger partial charge in [-0.25, -0.2) is 0 Å². The highest BCUT2D eigenvalue weighted by molar-refractivity contribution is 7.14. The van der Waals surface area contributed by atoms with E-state index >= 15 is 0 Å². The topological polar surface area (TPSA) is 0 Å². The molecule has 0 fully saturated rings. The Balaban J connectivity index is 1.33. The van der Waals surface area contributed by atoms with E-state index in [1.807, 2.05) is 34.0 Å². The predicted molar refractivity (Wildman–Crippen MR) is 340 cm³/mol. The predicted octanol–water partition coefficient (Wildman–Crippen LogP) is 24.6. The lowest BCUT2D eigenvalue weighted by Gasteiger charge is -2.16. The molecule has 4 aromatic carbocycles. The molecule has 0 bridgehead atoms. The van der Waals surface area contributed by atoms with Crippen molar-refractivity contribution in [3.05, 3.63) is 139 Å². The van der Waals surface area contributed by atoms with E-state index in [0.29, 0.717) is 0 Å². The van der Waals surface area contributed by atoms with E-state index in [4.69, 9.17) is 0 Å². The van der Waals surface area contributed by atoms with Crippen molar-refractivity contribution in [3.8, 4) is 66.1 Å². The van der Waals surface area contributed by atoms with Gasteiger partial charge in [0.1, 0.15) is 0 Å². The molecule has 0 saturated carbocycles. The SMILES string of the molecule is CCCCCCc1ccc(-c2cscc2-c2cc(-c3cscc3-c3ccc(CCCCCC)c(CCCCCC)c3)cc(-c3ccsc3-c3ccc(CCCCCC)c(CCCCCC)c3)c2)cc1CCCCCC. The van der Waals surface area contributed by atoms with Crippen LogP contribution < -0.4 is 0 Å². The second kappa shape index (κ2) is 32.7. The molecule has 0 amide bonds. The van der Waals surface area contributed by atoms with Gasteiger partial charge in [-0.05, 0) is 195 Å². The molecule has 0 nitrogen and oxygen atoms in total. The van der Waals surface area contributed by atoms with E-state index in [9.17, 15) is 0 Å². The van der Waals surface area contributed by atoms with Gasteiger partial charge in [-0.15, -0.1) is 11.3 Å². The summed E-state index contributed by atoms with van der Waals surface area (Å²) >= 11 is 5.64. The van der Waals surface area contributed by atoms with Crippen molar-refractivity contribution >= 4 is 34.0 Å². The number of hydrogen-bond donors (Lipinski definition) is 0. The van der Waals surface area contributed by atoms with Gasteiger partial charge in [-0.3, -0.25) is 0 Å². The summed E-state index contributed by atoms with van der Waals surface area (Å²) < 4.78 is 0. The summed E-state index contributed by atoms with van der Waals surface area (Å²) in [4.78, 5) is 1.39. The van der Waals surface area contributed by atoms with E-state index in [1.165, 1.54) is 259 Å². The summed E-state index contributed by atoms with van der Waals surface area (Å²) in [5, 5.41) is 12.1. The van der Waals surface area contributed by atoms with Crippen LogP contribution in [0, 0.1) is 0 Å². The quantitative estimate of drug-likeness (QED) is 0.0344. The van der Waals surface area contributed by atoms with Gasteiger partial charge in [-0.1, -0.05) is 212 Å². The average Bonchev–Trinajstić information content (AvgIpc) is 4.25. The molecule has 3 heteroatoms. The third-order valence-electron chi connectivity index (χ3n) is 16.2. The number of benzene rings is 4. The number of unbranched alkanes of at least 4 members (excludes halogenated alkanes) is 18. The van der Waals surface area contributed by atoms with Gasteiger partial charge in [0.2, 0.25) is 0 Å². The maximum atomic E-state index is 2.59. The zero-order valence-electron chi connectivity index (χ0n) is 47.8. The first-order valence-corrected chi connectivity index (χ1v) is 33.5. The lowest BCUT2D eigenvalue weighted by atomic mass is 9.88. The second-order valence-corrected chi connectivity index (χ2v) is 24.6. The Kier molecular flexibility index (Phi) is 25.5. The van der Waals surface area contributed by atoms with Gasteiger partial charge >= 0.3 is 0 Å². The molecule has 0 aliphatic carbocycles. The number of hydrogen-bond acceptors (Lipinski definition) is 3. The Labute approximate surface area is 470 Å². The zero-order chi connectivity index (χ0) is 52.5. The van der Waals surface area contributed by atoms with Gasteiger partial charge < -0.3 is 0 Å². The Hall–Kier alpha value is -4.02. The van der Waals surface area contributed by atoms with Crippen LogP contribution in [0.25, 0.3) is 66.1 Å². The molecular formula is C72H96S3. The molecule has 0 unspecified atom stereocenters. The van der Waals surface area contributed by atoms with Crippen molar-refractivity contribution in [1.29, 1.82) is 0 Å². The minimum absolute atomic E-state index is 1.18. The molecule has 7 aromatic rings. The molecule has 0 aliphatic heterocycles. The van der Waals surface area contributed by atoms with Crippen molar-refractivity contribution in [3.63, 3.8) is 0 Å². The summed E-state index contributed by atoms with van der Waals surface area (Å²) in [7, 11) is 0. The highest BCUT2D eigenvalue weighted by atomic mass is 32.1. The zero-order valence-corrected chi connectivity index (χ0v) is 50.3. The number of rotatable bonds is 36. The van der Waals surface area contributed by atoms with Crippen LogP contribution in [0.1, 0.15) is 229 Å². The third kappa shape index (κ3) is 17.2. The maximum Gasteiger partial charge on any atom is 0.0421 e. The van der Waals surface area contributed by atoms with Crippen LogP contribution in [0.3, 0.4) is 0 Å². The van der Waals surface area contributed by atoms with Crippen LogP contribution in [-0.4, -0.2) is 0 Å². The van der Waals surface area contributed by atoms with Crippen LogP contribution in [0.15, 0.2) is 106 Å². The van der Waals surface area contributed by atoms with Crippen molar-refractivity contribution < 1.29 is 0 Å². The maximum absolute atomic E-state index is 2.59. The highest BCUT2D eigenvalue weighted by Crippen LogP contribution is 2.46. The average molecular weight is 1060 g/mol. The molecule has 0 atom stereocenters. The Morgan fingerprint density at radius 2 is 0.547 bits per heavy atom. The molecule has 3 aromatic heterocycles. The first kappa shape index (κ1) is 58.7. The summed E-state index contributed by atoms with van der Waals surface area (Å²) in [5.41, 5.74) is 24.3. The lowest BCUT2D eigenvalue weighted by molar-refractivity contribution is 0.651. The van der Waals surface area contributed by atoms with E-state index in [0.717, 1.165) is 0 Å². The van der Waals surface area contributed by atoms with Crippen LogP contribution in [-0.2, 0) is 38.5 Å². The molecule has 7 rings (SSSR count). The fourth-order valence-electron chi connectivity index (χ4n) is 11.6. The van der Waals surface area contributed by atoms with Crippen LogP contribution in [0.2, 0.25) is 0 Å². The molecule has 0 aliphatic rings. The molecule has 0 radical (unpaired) electrons. The second-order valence-electron chi connectivity index (χ2n) is 22.2. The summed E-state index contributed by atoms with van der Waals surface area (Å²) in [6, 6.07) is 32.7. The van der Waals surface area contributed by atoms with Crippen molar-refractivity contribution in [2.45, 2.75) is 234 Å². The number of aryl methyl sites for hydroxylation is 6. The van der Waals surface area contributed by atoms with Crippen molar-refractivity contribution in [1.82, 2.24) is 0 Å².